The third-order valence-corrected chi connectivity index (χ3v) is 3.36. The lowest BCUT2D eigenvalue weighted by Gasteiger charge is -2.25. The minimum atomic E-state index is -0.812. The van der Waals surface area contributed by atoms with E-state index in [1.54, 1.807) is 0 Å². The van der Waals surface area contributed by atoms with E-state index in [1.165, 1.54) is 37.5 Å². The Labute approximate surface area is 121 Å². The van der Waals surface area contributed by atoms with E-state index in [9.17, 15) is 14.4 Å². The van der Waals surface area contributed by atoms with Gasteiger partial charge in [-0.25, -0.2) is 9.78 Å². The molecule has 2 heterocycles. The van der Waals surface area contributed by atoms with Crippen LogP contribution in [0.25, 0.3) is 0 Å². The molecule has 0 aliphatic carbocycles. The van der Waals surface area contributed by atoms with Crippen LogP contribution in [0.15, 0.2) is 18.6 Å². The summed E-state index contributed by atoms with van der Waals surface area (Å²) in [6.45, 7) is 1.77. The smallest absolute Gasteiger partial charge is 0.330 e. The second kappa shape index (κ2) is 6.29. The Kier molecular flexibility index (Phi) is 4.46. The second-order valence-corrected chi connectivity index (χ2v) is 4.64. The van der Waals surface area contributed by atoms with Gasteiger partial charge in [-0.1, -0.05) is 0 Å². The molecule has 1 aliphatic heterocycles. The number of nitrogens with one attached hydrogen (secondary N) is 1. The van der Waals surface area contributed by atoms with E-state index >= 15 is 0 Å². The van der Waals surface area contributed by atoms with E-state index in [1.807, 2.05) is 0 Å². The summed E-state index contributed by atoms with van der Waals surface area (Å²) in [7, 11) is 1.25. The van der Waals surface area contributed by atoms with Crippen LogP contribution in [0.5, 0.6) is 0 Å². The number of nitrogens with zero attached hydrogens (tertiary/aromatic N) is 3. The van der Waals surface area contributed by atoms with Crippen LogP contribution in [0.3, 0.4) is 0 Å². The second-order valence-electron chi connectivity index (χ2n) is 4.64. The van der Waals surface area contributed by atoms with E-state index in [2.05, 4.69) is 15.3 Å². The van der Waals surface area contributed by atoms with Crippen LogP contribution in [0, 0.1) is 0 Å². The summed E-state index contributed by atoms with van der Waals surface area (Å²) in [6.07, 6.45) is 4.68. The molecule has 1 aromatic rings. The standard InChI is InChI=1S/C13H16N4O4/c1-8(18)17-6-3-9(11(17)13(20)21-2)16-12(19)10-7-14-4-5-15-10/h4-5,7,9,11H,3,6H2,1-2H3,(H,16,19)/t9-,11-/m0/s1. The first-order chi connectivity index (χ1) is 10.0. The lowest BCUT2D eigenvalue weighted by Crippen LogP contribution is -2.51. The van der Waals surface area contributed by atoms with Gasteiger partial charge < -0.3 is 15.0 Å². The molecule has 1 aromatic heterocycles. The number of amides is 2. The molecule has 1 fully saturated rings. The normalized spacial score (nSPS) is 21.0. The van der Waals surface area contributed by atoms with Gasteiger partial charge in [-0.2, -0.15) is 0 Å². The summed E-state index contributed by atoms with van der Waals surface area (Å²) in [5.74, 6) is -1.22. The highest BCUT2D eigenvalue weighted by atomic mass is 16.5. The van der Waals surface area contributed by atoms with Gasteiger partial charge >= 0.3 is 5.97 Å². The highest BCUT2D eigenvalue weighted by Crippen LogP contribution is 2.20. The molecule has 21 heavy (non-hydrogen) atoms. The first kappa shape index (κ1) is 14.9. The van der Waals surface area contributed by atoms with E-state index in [0.29, 0.717) is 13.0 Å². The molecule has 0 radical (unpaired) electrons. The Morgan fingerprint density at radius 2 is 2.14 bits per heavy atom. The van der Waals surface area contributed by atoms with Crippen molar-refractivity contribution in [2.75, 3.05) is 13.7 Å². The zero-order valence-electron chi connectivity index (χ0n) is 11.8. The Bertz CT molecular complexity index is 548. The molecule has 1 saturated heterocycles. The van der Waals surface area contributed by atoms with Crippen LogP contribution in [-0.2, 0) is 14.3 Å². The van der Waals surface area contributed by atoms with Gasteiger partial charge in [0.25, 0.3) is 5.91 Å². The van der Waals surface area contributed by atoms with Crippen molar-refractivity contribution < 1.29 is 19.1 Å². The van der Waals surface area contributed by atoms with Gasteiger partial charge in [0.1, 0.15) is 11.7 Å². The van der Waals surface area contributed by atoms with Gasteiger partial charge in [-0.05, 0) is 6.42 Å². The average Bonchev–Trinajstić information content (AvgIpc) is 2.91. The van der Waals surface area contributed by atoms with Crippen LogP contribution in [0.4, 0.5) is 0 Å². The molecule has 8 heteroatoms. The summed E-state index contributed by atoms with van der Waals surface area (Å²) in [5.41, 5.74) is 0.155. The molecule has 0 unspecified atom stereocenters. The fraction of sp³-hybridized carbons (Fsp3) is 0.462. The van der Waals surface area contributed by atoms with Gasteiger partial charge in [0.15, 0.2) is 0 Å². The molecule has 0 spiro atoms. The molecule has 1 aliphatic rings. The quantitative estimate of drug-likeness (QED) is 0.744. The van der Waals surface area contributed by atoms with Crippen molar-refractivity contribution in [3.8, 4) is 0 Å². The number of carbonyl (C=O) groups excluding carboxylic acids is 3. The van der Waals surface area contributed by atoms with Crippen molar-refractivity contribution in [2.45, 2.75) is 25.4 Å². The number of hydrogen-bond donors (Lipinski definition) is 1. The molecule has 0 bridgehead atoms. The molecule has 0 aromatic carbocycles. The first-order valence-electron chi connectivity index (χ1n) is 6.46. The van der Waals surface area contributed by atoms with Crippen LogP contribution in [-0.4, -0.2) is 58.4 Å². The van der Waals surface area contributed by atoms with Crippen LogP contribution < -0.4 is 5.32 Å². The molecule has 0 saturated carbocycles. The Hall–Kier alpha value is -2.51. The molecule has 112 valence electrons. The maximum absolute atomic E-state index is 12.1. The zero-order chi connectivity index (χ0) is 15.4. The van der Waals surface area contributed by atoms with Crippen molar-refractivity contribution in [1.29, 1.82) is 0 Å². The Morgan fingerprint density at radius 1 is 1.38 bits per heavy atom. The van der Waals surface area contributed by atoms with Gasteiger partial charge in [-0.3, -0.25) is 14.6 Å². The van der Waals surface area contributed by atoms with Crippen LogP contribution in [0.1, 0.15) is 23.8 Å². The van der Waals surface area contributed by atoms with Crippen molar-refractivity contribution in [3.63, 3.8) is 0 Å². The maximum Gasteiger partial charge on any atom is 0.330 e. The predicted molar refractivity (Wildman–Crippen MR) is 71.1 cm³/mol. The van der Waals surface area contributed by atoms with Crippen molar-refractivity contribution in [1.82, 2.24) is 20.2 Å². The topological polar surface area (TPSA) is 101 Å². The minimum Gasteiger partial charge on any atom is -0.467 e. The highest BCUT2D eigenvalue weighted by Gasteiger charge is 2.42. The summed E-state index contributed by atoms with van der Waals surface area (Å²) in [4.78, 5) is 44.6. The molecule has 1 N–H and O–H groups in total. The number of esters is 1. The van der Waals surface area contributed by atoms with E-state index in [4.69, 9.17) is 4.74 Å². The summed E-state index contributed by atoms with van der Waals surface area (Å²) >= 11 is 0. The average molecular weight is 292 g/mol. The van der Waals surface area contributed by atoms with Gasteiger partial charge in [-0.15, -0.1) is 0 Å². The van der Waals surface area contributed by atoms with E-state index < -0.39 is 24.0 Å². The highest BCUT2D eigenvalue weighted by molar-refractivity contribution is 5.93. The van der Waals surface area contributed by atoms with Gasteiger partial charge in [0.05, 0.1) is 19.3 Å². The summed E-state index contributed by atoms with van der Waals surface area (Å²) < 4.78 is 4.72. The van der Waals surface area contributed by atoms with Crippen molar-refractivity contribution >= 4 is 17.8 Å². The summed E-state index contributed by atoms with van der Waals surface area (Å²) in [6, 6.07) is -1.32. The third-order valence-electron chi connectivity index (χ3n) is 3.36. The minimum absolute atomic E-state index is 0.155. The van der Waals surface area contributed by atoms with Crippen molar-refractivity contribution in [3.05, 3.63) is 24.3 Å². The first-order valence-corrected chi connectivity index (χ1v) is 6.46. The number of methoxy groups -OCH3 is 1. The van der Waals surface area contributed by atoms with E-state index in [-0.39, 0.29) is 11.6 Å². The number of hydrogen-bond acceptors (Lipinski definition) is 6. The van der Waals surface area contributed by atoms with Gasteiger partial charge in [0, 0.05) is 25.9 Å². The monoisotopic (exact) mass is 292 g/mol. The largest absolute Gasteiger partial charge is 0.467 e. The third kappa shape index (κ3) is 3.15. The summed E-state index contributed by atoms with van der Waals surface area (Å²) in [5, 5.41) is 2.71. The van der Waals surface area contributed by atoms with Crippen molar-refractivity contribution in [2.24, 2.45) is 0 Å². The zero-order valence-corrected chi connectivity index (χ0v) is 11.8. The number of aromatic nitrogens is 2. The lowest BCUT2D eigenvalue weighted by atomic mass is 10.1. The number of carbonyl (C=O) groups is 3. The van der Waals surface area contributed by atoms with Crippen LogP contribution in [0.2, 0.25) is 0 Å². The molecular formula is C13H16N4O4. The molecule has 8 nitrogen and oxygen atoms in total. The molecular weight excluding hydrogens is 276 g/mol. The van der Waals surface area contributed by atoms with E-state index in [0.717, 1.165) is 0 Å². The number of rotatable bonds is 3. The fourth-order valence-corrected chi connectivity index (χ4v) is 2.37. The van der Waals surface area contributed by atoms with Crippen LogP contribution >= 0.6 is 0 Å². The SMILES string of the molecule is COC(=O)[C@@H]1[C@@H](NC(=O)c2cnccn2)CCN1C(C)=O. The lowest BCUT2D eigenvalue weighted by molar-refractivity contribution is -0.150. The molecule has 2 amide bonds. The molecule has 2 atom stereocenters. The predicted octanol–water partition coefficient (Wildman–Crippen LogP) is -0.631. The van der Waals surface area contributed by atoms with Gasteiger partial charge in [0.2, 0.25) is 5.91 Å². The Morgan fingerprint density at radius 3 is 2.71 bits per heavy atom. The Balaban J connectivity index is 2.13. The fourth-order valence-electron chi connectivity index (χ4n) is 2.37. The number of likely N-dealkylation sites (tertiary alicyclic amines) is 1. The maximum atomic E-state index is 12.1. The number of ether oxygens (including phenoxy) is 1. The molecule has 2 rings (SSSR count).